The highest BCUT2D eigenvalue weighted by atomic mass is 19.1. The fraction of sp³-hybridized carbons (Fsp3) is 0.474. The van der Waals surface area contributed by atoms with Gasteiger partial charge < -0.3 is 0 Å². The van der Waals surface area contributed by atoms with Crippen LogP contribution in [0.3, 0.4) is 0 Å². The third-order valence-corrected chi connectivity index (χ3v) is 4.01. The Morgan fingerprint density at radius 2 is 1.60 bits per heavy atom. The zero-order valence-electron chi connectivity index (χ0n) is 12.7. The Kier molecular flexibility index (Phi) is 5.58. The van der Waals surface area contributed by atoms with E-state index in [1.54, 1.807) is 23.3 Å². The van der Waals surface area contributed by atoms with Gasteiger partial charge in [-0.2, -0.15) is 0 Å². The molecule has 0 aromatic heterocycles. The maximum atomic E-state index is 13.1. The lowest BCUT2D eigenvalue weighted by atomic mass is 9.98. The first kappa shape index (κ1) is 15.0. The average Bonchev–Trinajstić information content (AvgIpc) is 2.87. The van der Waals surface area contributed by atoms with Crippen molar-refractivity contribution in [3.05, 3.63) is 52.9 Å². The third kappa shape index (κ3) is 3.82. The van der Waals surface area contributed by atoms with E-state index < -0.39 is 0 Å². The fourth-order valence-electron chi connectivity index (χ4n) is 2.82. The smallest absolute Gasteiger partial charge is 0.123 e. The molecule has 108 valence electrons. The summed E-state index contributed by atoms with van der Waals surface area (Å²) < 4.78 is 13.1. The van der Waals surface area contributed by atoms with Crippen molar-refractivity contribution in [3.63, 3.8) is 0 Å². The fourth-order valence-corrected chi connectivity index (χ4v) is 2.82. The van der Waals surface area contributed by atoms with E-state index in [-0.39, 0.29) is 5.82 Å². The highest BCUT2D eigenvalue weighted by molar-refractivity contribution is 5.80. The summed E-state index contributed by atoms with van der Waals surface area (Å²) in [6.45, 7) is 4.47. The Morgan fingerprint density at radius 1 is 0.950 bits per heavy atom. The number of hydrogen-bond acceptors (Lipinski definition) is 0. The Labute approximate surface area is 122 Å². The maximum Gasteiger partial charge on any atom is 0.123 e. The van der Waals surface area contributed by atoms with Crippen LogP contribution in [0.15, 0.2) is 41.5 Å². The zero-order valence-corrected chi connectivity index (χ0v) is 12.7. The molecule has 1 aromatic carbocycles. The minimum Gasteiger partial charge on any atom is -0.207 e. The van der Waals surface area contributed by atoms with E-state index in [0.717, 1.165) is 6.42 Å². The second-order valence-electron chi connectivity index (χ2n) is 5.71. The second-order valence-corrected chi connectivity index (χ2v) is 5.71. The van der Waals surface area contributed by atoms with Gasteiger partial charge in [0.1, 0.15) is 5.82 Å². The zero-order chi connectivity index (χ0) is 14.4. The van der Waals surface area contributed by atoms with E-state index in [0.29, 0.717) is 0 Å². The van der Waals surface area contributed by atoms with Crippen LogP contribution in [0.2, 0.25) is 0 Å². The number of rotatable bonds is 7. The molecule has 1 aliphatic rings. The molecule has 0 heterocycles. The lowest BCUT2D eigenvalue weighted by molar-refractivity contribution is 0.627. The van der Waals surface area contributed by atoms with Gasteiger partial charge in [-0.15, -0.1) is 0 Å². The van der Waals surface area contributed by atoms with Crippen molar-refractivity contribution in [2.24, 2.45) is 0 Å². The molecule has 20 heavy (non-hydrogen) atoms. The molecule has 0 N–H and O–H groups in total. The molecule has 2 rings (SSSR count). The van der Waals surface area contributed by atoms with Gasteiger partial charge in [0.05, 0.1) is 0 Å². The van der Waals surface area contributed by atoms with Crippen molar-refractivity contribution in [3.8, 4) is 0 Å². The Balaban J connectivity index is 2.20. The van der Waals surface area contributed by atoms with Crippen molar-refractivity contribution in [1.82, 2.24) is 0 Å². The summed E-state index contributed by atoms with van der Waals surface area (Å²) in [5.74, 6) is -0.155. The topological polar surface area (TPSA) is 0 Å². The molecule has 0 saturated heterocycles. The molecule has 0 saturated carbocycles. The Morgan fingerprint density at radius 3 is 2.25 bits per heavy atom. The first-order valence-electron chi connectivity index (χ1n) is 7.92. The van der Waals surface area contributed by atoms with E-state index in [4.69, 9.17) is 0 Å². The summed E-state index contributed by atoms with van der Waals surface area (Å²) in [6, 6.07) is 6.96. The predicted molar refractivity (Wildman–Crippen MR) is 85.1 cm³/mol. The van der Waals surface area contributed by atoms with Crippen molar-refractivity contribution in [2.75, 3.05) is 0 Å². The third-order valence-electron chi connectivity index (χ3n) is 4.01. The van der Waals surface area contributed by atoms with Crippen LogP contribution in [0, 0.1) is 5.82 Å². The average molecular weight is 272 g/mol. The standard InChI is InChI=1S/C19H25F/c1-3-5-7-15-13-17(8-6-4-2)19(14-15)16-9-11-18(20)12-10-16/h9-12,14H,3-8,13H2,1-2H3. The molecule has 0 unspecified atom stereocenters. The second kappa shape index (κ2) is 7.42. The van der Waals surface area contributed by atoms with Gasteiger partial charge >= 0.3 is 0 Å². The summed E-state index contributed by atoms with van der Waals surface area (Å²) >= 11 is 0. The summed E-state index contributed by atoms with van der Waals surface area (Å²) in [5.41, 5.74) is 5.62. The van der Waals surface area contributed by atoms with Gasteiger partial charge in [-0.3, -0.25) is 0 Å². The van der Waals surface area contributed by atoms with E-state index in [9.17, 15) is 4.39 Å². The van der Waals surface area contributed by atoms with Crippen molar-refractivity contribution < 1.29 is 4.39 Å². The first-order valence-corrected chi connectivity index (χ1v) is 7.92. The number of allylic oxidation sites excluding steroid dienone is 4. The number of unbranched alkanes of at least 4 members (excludes halogenated alkanes) is 2. The van der Waals surface area contributed by atoms with Crippen LogP contribution in [0.25, 0.3) is 5.57 Å². The van der Waals surface area contributed by atoms with Crippen LogP contribution in [-0.4, -0.2) is 0 Å². The molecular weight excluding hydrogens is 247 g/mol. The summed E-state index contributed by atoms with van der Waals surface area (Å²) in [6.07, 6.45) is 10.9. The van der Waals surface area contributed by atoms with Gasteiger partial charge in [0.25, 0.3) is 0 Å². The lowest BCUT2D eigenvalue weighted by Crippen LogP contribution is -1.88. The molecule has 0 fully saturated rings. The largest absolute Gasteiger partial charge is 0.207 e. The van der Waals surface area contributed by atoms with Crippen LogP contribution in [0.4, 0.5) is 4.39 Å². The lowest BCUT2D eigenvalue weighted by Gasteiger charge is -2.07. The molecule has 0 atom stereocenters. The number of hydrogen-bond donors (Lipinski definition) is 0. The van der Waals surface area contributed by atoms with Crippen LogP contribution >= 0.6 is 0 Å². The Bertz CT molecular complexity index is 491. The monoisotopic (exact) mass is 272 g/mol. The molecule has 1 aliphatic carbocycles. The molecule has 0 bridgehead atoms. The summed E-state index contributed by atoms with van der Waals surface area (Å²) in [4.78, 5) is 0. The molecule has 0 amide bonds. The molecule has 1 aromatic rings. The van der Waals surface area contributed by atoms with Gasteiger partial charge in [-0.05, 0) is 55.4 Å². The maximum absolute atomic E-state index is 13.1. The molecule has 0 radical (unpaired) electrons. The highest BCUT2D eigenvalue weighted by Crippen LogP contribution is 2.37. The molecule has 0 nitrogen and oxygen atoms in total. The van der Waals surface area contributed by atoms with Gasteiger partial charge in [-0.25, -0.2) is 4.39 Å². The molecule has 1 heteroatoms. The summed E-state index contributed by atoms with van der Waals surface area (Å²) in [5, 5.41) is 0. The first-order chi connectivity index (χ1) is 9.74. The van der Waals surface area contributed by atoms with Gasteiger partial charge in [0.15, 0.2) is 0 Å². The van der Waals surface area contributed by atoms with E-state index in [1.807, 2.05) is 12.1 Å². The van der Waals surface area contributed by atoms with Crippen molar-refractivity contribution >= 4 is 5.57 Å². The van der Waals surface area contributed by atoms with Crippen LogP contribution in [0.5, 0.6) is 0 Å². The number of halogens is 1. The Hall–Kier alpha value is -1.37. The quantitative estimate of drug-likeness (QED) is 0.547. The van der Waals surface area contributed by atoms with Crippen LogP contribution in [0.1, 0.15) is 64.4 Å². The minimum absolute atomic E-state index is 0.155. The van der Waals surface area contributed by atoms with Crippen molar-refractivity contribution in [1.29, 1.82) is 0 Å². The van der Waals surface area contributed by atoms with Gasteiger partial charge in [0.2, 0.25) is 0 Å². The van der Waals surface area contributed by atoms with E-state index in [1.165, 1.54) is 49.7 Å². The minimum atomic E-state index is -0.155. The summed E-state index contributed by atoms with van der Waals surface area (Å²) in [7, 11) is 0. The van der Waals surface area contributed by atoms with Crippen LogP contribution < -0.4 is 0 Å². The number of benzene rings is 1. The molecular formula is C19H25F. The van der Waals surface area contributed by atoms with Gasteiger partial charge in [-0.1, -0.05) is 56.0 Å². The van der Waals surface area contributed by atoms with E-state index in [2.05, 4.69) is 19.9 Å². The van der Waals surface area contributed by atoms with Crippen LogP contribution in [-0.2, 0) is 0 Å². The van der Waals surface area contributed by atoms with Gasteiger partial charge in [0, 0.05) is 0 Å². The SMILES string of the molecule is CCCCC1=CC(c2ccc(F)cc2)=C(CCCC)C1. The van der Waals surface area contributed by atoms with E-state index >= 15 is 0 Å². The highest BCUT2D eigenvalue weighted by Gasteiger charge is 2.16. The molecule has 0 aliphatic heterocycles. The van der Waals surface area contributed by atoms with Crippen molar-refractivity contribution in [2.45, 2.75) is 58.8 Å². The molecule has 0 spiro atoms. The predicted octanol–water partition coefficient (Wildman–Crippen LogP) is 6.29. The normalized spacial score (nSPS) is 14.8.